The molecule has 3 rings (SSSR count). The van der Waals surface area contributed by atoms with Crippen LogP contribution < -0.4 is 5.32 Å². The van der Waals surface area contributed by atoms with Crippen LogP contribution in [-0.4, -0.2) is 61.4 Å². The first-order chi connectivity index (χ1) is 12.2. The van der Waals surface area contributed by atoms with Gasteiger partial charge in [-0.15, -0.1) is 24.0 Å². The molecule has 2 N–H and O–H groups in total. The second-order valence-electron chi connectivity index (χ2n) is 7.23. The van der Waals surface area contributed by atoms with Crippen molar-refractivity contribution in [3.8, 4) is 0 Å². The van der Waals surface area contributed by atoms with Gasteiger partial charge >= 0.3 is 0 Å². The Balaban J connectivity index is 0.00000261. The van der Waals surface area contributed by atoms with E-state index in [-0.39, 0.29) is 35.5 Å². The Morgan fingerprint density at radius 3 is 2.81 bits per heavy atom. The molecule has 2 heterocycles. The molecule has 9 heteroatoms. The Kier molecular flexibility index (Phi) is 6.77. The monoisotopic (exact) mass is 508 g/mol. The van der Waals surface area contributed by atoms with Gasteiger partial charge in [-0.1, -0.05) is 0 Å². The van der Waals surface area contributed by atoms with Crippen molar-refractivity contribution in [2.45, 2.75) is 25.0 Å². The molecule has 1 saturated heterocycles. The number of fused-ring (bicyclic) bond motifs is 1. The van der Waals surface area contributed by atoms with Crippen molar-refractivity contribution in [1.29, 1.82) is 0 Å². The molecule has 0 unspecified atom stereocenters. The van der Waals surface area contributed by atoms with Gasteiger partial charge in [-0.05, 0) is 44.0 Å². The number of H-pyrrole nitrogens is 1. The van der Waals surface area contributed by atoms with Crippen molar-refractivity contribution in [3.05, 3.63) is 35.8 Å². The van der Waals surface area contributed by atoms with Crippen molar-refractivity contribution in [2.24, 2.45) is 4.99 Å². The molecule has 1 aliphatic heterocycles. The molecule has 6 nitrogen and oxygen atoms in total. The minimum absolute atomic E-state index is 0. The van der Waals surface area contributed by atoms with E-state index in [4.69, 9.17) is 0 Å². The number of aliphatic imine (C=N–C) groups is 1. The van der Waals surface area contributed by atoms with Crippen LogP contribution in [0.25, 0.3) is 10.9 Å². The highest BCUT2D eigenvalue weighted by Gasteiger charge is 2.40. The largest absolute Gasteiger partial charge is 0.361 e. The maximum Gasteiger partial charge on any atom is 0.193 e. The quantitative estimate of drug-likeness (QED) is 0.380. The summed E-state index contributed by atoms with van der Waals surface area (Å²) in [4.78, 5) is 9.42. The number of sulfone groups is 1. The van der Waals surface area contributed by atoms with Crippen molar-refractivity contribution in [3.63, 3.8) is 0 Å². The number of aromatic nitrogens is 1. The predicted octanol–water partition coefficient (Wildman–Crippen LogP) is 2.55. The summed E-state index contributed by atoms with van der Waals surface area (Å²) in [6.45, 7) is 4.97. The Labute approximate surface area is 176 Å². The highest BCUT2D eigenvalue weighted by atomic mass is 127. The molecule has 0 atom stereocenters. The van der Waals surface area contributed by atoms with E-state index >= 15 is 0 Å². The van der Waals surface area contributed by atoms with Gasteiger partial charge in [0.05, 0.1) is 10.5 Å². The summed E-state index contributed by atoms with van der Waals surface area (Å²) in [5.74, 6) is 0.570. The molecular weight excluding hydrogens is 482 g/mol. The molecule has 0 radical (unpaired) electrons. The maximum atomic E-state index is 13.5. The lowest BCUT2D eigenvalue weighted by Crippen LogP contribution is -2.57. The lowest BCUT2D eigenvalue weighted by Gasteiger charge is -2.39. The van der Waals surface area contributed by atoms with E-state index < -0.39 is 14.6 Å². The third-order valence-corrected chi connectivity index (χ3v) is 7.49. The summed E-state index contributed by atoms with van der Waals surface area (Å²) in [6.07, 6.45) is 2.60. The number of nitrogens with zero attached hydrogens (tertiary/aromatic N) is 2. The van der Waals surface area contributed by atoms with Crippen molar-refractivity contribution in [2.75, 3.05) is 32.4 Å². The van der Waals surface area contributed by atoms with Crippen LogP contribution in [-0.2, 0) is 16.3 Å². The third kappa shape index (κ3) is 4.56. The van der Waals surface area contributed by atoms with Gasteiger partial charge in [-0.3, -0.25) is 4.99 Å². The van der Waals surface area contributed by atoms with E-state index in [9.17, 15) is 12.8 Å². The number of aromatic amines is 1. The Hall–Kier alpha value is -1.36. The molecule has 0 bridgehead atoms. The molecule has 1 aliphatic rings. The Bertz CT molecular complexity index is 940. The third-order valence-electron chi connectivity index (χ3n) is 4.96. The minimum atomic E-state index is -3.08. The SMILES string of the molecule is CN=C(NCCc1c[nH]c2ccc(F)cc12)N1CCS(=O)(=O)C(C)(C)C1.I. The average molecular weight is 508 g/mol. The second-order valence-corrected chi connectivity index (χ2v) is 9.97. The van der Waals surface area contributed by atoms with Crippen LogP contribution in [0.5, 0.6) is 0 Å². The predicted molar refractivity (Wildman–Crippen MR) is 118 cm³/mol. The standard InChI is InChI=1S/C18H25FN4O2S.HI/c1-18(2)12-23(8-9-26(18,24)25)17(20-3)21-7-6-13-11-22-16-5-4-14(19)10-15(13)16;/h4-5,10-11,22H,6-9,12H2,1-3H3,(H,20,21);1H. The number of hydrogen-bond donors (Lipinski definition) is 2. The summed E-state index contributed by atoms with van der Waals surface area (Å²) in [6, 6.07) is 4.71. The Morgan fingerprint density at radius 2 is 2.15 bits per heavy atom. The molecule has 150 valence electrons. The number of nitrogens with one attached hydrogen (secondary N) is 2. The normalized spacial score (nSPS) is 19.0. The van der Waals surface area contributed by atoms with E-state index in [1.807, 2.05) is 11.1 Å². The molecule has 27 heavy (non-hydrogen) atoms. The van der Waals surface area contributed by atoms with Gasteiger partial charge in [0.1, 0.15) is 5.82 Å². The summed E-state index contributed by atoms with van der Waals surface area (Å²) in [5.41, 5.74) is 1.94. The summed E-state index contributed by atoms with van der Waals surface area (Å²) >= 11 is 0. The van der Waals surface area contributed by atoms with Crippen molar-refractivity contribution >= 4 is 50.7 Å². The van der Waals surface area contributed by atoms with Crippen molar-refractivity contribution in [1.82, 2.24) is 15.2 Å². The van der Waals surface area contributed by atoms with Gasteiger partial charge in [0.15, 0.2) is 15.8 Å². The molecular formula is C18H26FIN4O2S. The fourth-order valence-corrected chi connectivity index (χ4v) is 4.69. The Morgan fingerprint density at radius 1 is 1.41 bits per heavy atom. The van der Waals surface area contributed by atoms with Gasteiger partial charge in [0.25, 0.3) is 0 Å². The van der Waals surface area contributed by atoms with Crippen LogP contribution in [0.2, 0.25) is 0 Å². The van der Waals surface area contributed by atoms with Gasteiger partial charge in [0, 0.05) is 43.8 Å². The number of guanidine groups is 1. The highest BCUT2D eigenvalue weighted by Crippen LogP contribution is 2.24. The van der Waals surface area contributed by atoms with E-state index in [0.29, 0.717) is 32.0 Å². The molecule has 2 aromatic rings. The molecule has 0 spiro atoms. The number of hydrogen-bond acceptors (Lipinski definition) is 3. The summed E-state index contributed by atoms with van der Waals surface area (Å²) < 4.78 is 37.0. The first-order valence-electron chi connectivity index (χ1n) is 8.67. The van der Waals surface area contributed by atoms with Crippen molar-refractivity contribution < 1.29 is 12.8 Å². The van der Waals surface area contributed by atoms with Crippen LogP contribution in [0.4, 0.5) is 4.39 Å². The lowest BCUT2D eigenvalue weighted by molar-refractivity contribution is 0.353. The zero-order valence-corrected chi connectivity index (χ0v) is 18.9. The second kappa shape index (κ2) is 8.34. The van der Waals surface area contributed by atoms with Gasteiger partial charge in [0.2, 0.25) is 0 Å². The van der Waals surface area contributed by atoms with Gasteiger partial charge in [-0.25, -0.2) is 12.8 Å². The van der Waals surface area contributed by atoms with Crippen LogP contribution in [0.15, 0.2) is 29.4 Å². The van der Waals surface area contributed by atoms with E-state index in [2.05, 4.69) is 15.3 Å². The zero-order valence-electron chi connectivity index (χ0n) is 15.8. The van der Waals surface area contributed by atoms with E-state index in [1.54, 1.807) is 27.0 Å². The molecule has 1 fully saturated rings. The maximum absolute atomic E-state index is 13.5. The fraction of sp³-hybridized carbons (Fsp3) is 0.500. The minimum Gasteiger partial charge on any atom is -0.361 e. The van der Waals surface area contributed by atoms with Crippen LogP contribution >= 0.6 is 24.0 Å². The van der Waals surface area contributed by atoms with Crippen LogP contribution in [0.3, 0.4) is 0 Å². The van der Waals surface area contributed by atoms with Gasteiger partial charge < -0.3 is 15.2 Å². The lowest BCUT2D eigenvalue weighted by atomic mass is 10.1. The molecule has 0 saturated carbocycles. The van der Waals surface area contributed by atoms with E-state index in [1.165, 1.54) is 12.1 Å². The van der Waals surface area contributed by atoms with Crippen LogP contribution in [0, 0.1) is 5.82 Å². The van der Waals surface area contributed by atoms with Gasteiger partial charge in [-0.2, -0.15) is 0 Å². The first-order valence-corrected chi connectivity index (χ1v) is 10.3. The first kappa shape index (κ1) is 21.9. The smallest absolute Gasteiger partial charge is 0.193 e. The summed E-state index contributed by atoms with van der Waals surface area (Å²) in [5, 5.41) is 4.18. The average Bonchev–Trinajstić information content (AvgIpc) is 2.97. The number of benzene rings is 1. The van der Waals surface area contributed by atoms with E-state index in [0.717, 1.165) is 16.5 Å². The number of rotatable bonds is 3. The molecule has 1 aromatic heterocycles. The molecule has 0 amide bonds. The zero-order chi connectivity index (χ0) is 18.9. The topological polar surface area (TPSA) is 77.6 Å². The number of halogens is 2. The highest BCUT2D eigenvalue weighted by molar-refractivity contribution is 14.0. The molecule has 0 aliphatic carbocycles. The van der Waals surface area contributed by atoms with Crippen LogP contribution in [0.1, 0.15) is 19.4 Å². The fourth-order valence-electron chi connectivity index (χ4n) is 3.32. The summed E-state index contributed by atoms with van der Waals surface area (Å²) in [7, 11) is -1.39. The molecule has 1 aromatic carbocycles.